The fraction of sp³-hybridized carbons (Fsp3) is 0.765. The summed E-state index contributed by atoms with van der Waals surface area (Å²) in [6.07, 6.45) is 11.7. The van der Waals surface area contributed by atoms with Crippen molar-refractivity contribution >= 4 is 5.78 Å². The number of carbonyl (C=O) groups excluding carboxylic acids is 1. The minimum Gasteiger partial charge on any atom is -0.305 e. The number of Topliss-reactive ketones (excluding diaryl/α,β-unsaturated/α-hetero) is 1. The van der Waals surface area contributed by atoms with Crippen LogP contribution in [-0.2, 0) is 11.2 Å². The Hall–Kier alpha value is -1.16. The molecule has 3 rings (SSSR count). The van der Waals surface area contributed by atoms with Crippen LogP contribution in [0.3, 0.4) is 0 Å². The first-order valence-corrected chi connectivity index (χ1v) is 8.56. The van der Waals surface area contributed by atoms with Gasteiger partial charge < -0.3 is 5.32 Å². The maximum atomic E-state index is 12.7. The second-order valence-electron chi connectivity index (χ2n) is 6.69. The predicted octanol–water partition coefficient (Wildman–Crippen LogP) is 3.03. The monoisotopic (exact) mass is 289 g/mol. The number of aromatic nitrogens is 2. The summed E-state index contributed by atoms with van der Waals surface area (Å²) in [5.41, 5.74) is 0.669. The Kier molecular flexibility index (Phi) is 4.43. The second-order valence-corrected chi connectivity index (χ2v) is 6.69. The van der Waals surface area contributed by atoms with E-state index in [4.69, 9.17) is 0 Å². The molecule has 1 N–H and O–H groups in total. The van der Waals surface area contributed by atoms with Gasteiger partial charge >= 0.3 is 0 Å². The zero-order valence-corrected chi connectivity index (χ0v) is 13.1. The Morgan fingerprint density at radius 3 is 2.90 bits per heavy atom. The van der Waals surface area contributed by atoms with E-state index in [9.17, 15) is 4.79 Å². The molecule has 0 amide bonds. The van der Waals surface area contributed by atoms with Gasteiger partial charge in [0.15, 0.2) is 5.78 Å². The van der Waals surface area contributed by atoms with E-state index in [1.54, 1.807) is 0 Å². The number of carbonyl (C=O) groups is 1. The zero-order chi connectivity index (χ0) is 14.7. The molecule has 0 spiro atoms. The topological polar surface area (TPSA) is 46.9 Å². The lowest BCUT2D eigenvalue weighted by Gasteiger charge is -2.27. The van der Waals surface area contributed by atoms with E-state index < -0.39 is 0 Å². The van der Waals surface area contributed by atoms with E-state index in [1.165, 1.54) is 25.7 Å². The molecule has 1 aromatic rings. The number of rotatable bonds is 6. The van der Waals surface area contributed by atoms with Crippen molar-refractivity contribution in [2.45, 2.75) is 76.3 Å². The van der Waals surface area contributed by atoms with Crippen molar-refractivity contribution < 1.29 is 4.79 Å². The van der Waals surface area contributed by atoms with E-state index in [-0.39, 0.29) is 5.54 Å². The van der Waals surface area contributed by atoms with Gasteiger partial charge in [0, 0.05) is 6.20 Å². The maximum absolute atomic E-state index is 12.7. The molecule has 1 aromatic heterocycles. The molecule has 1 atom stereocenters. The van der Waals surface area contributed by atoms with Gasteiger partial charge in [-0.05, 0) is 44.7 Å². The second kappa shape index (κ2) is 6.30. The third-order valence-corrected chi connectivity index (χ3v) is 5.16. The highest BCUT2D eigenvalue weighted by atomic mass is 16.1. The number of hydrogen-bond donors (Lipinski definition) is 1. The molecule has 1 saturated carbocycles. The third-order valence-electron chi connectivity index (χ3n) is 5.16. The Morgan fingerprint density at radius 1 is 1.43 bits per heavy atom. The molecule has 4 heteroatoms. The minimum absolute atomic E-state index is 0.272. The molecular formula is C17H27N3O. The van der Waals surface area contributed by atoms with Gasteiger partial charge in [0.05, 0.1) is 23.7 Å². The fourth-order valence-corrected chi connectivity index (χ4v) is 4.00. The molecule has 0 bridgehead atoms. The molecule has 2 fully saturated rings. The molecular weight excluding hydrogens is 262 g/mol. The predicted molar refractivity (Wildman–Crippen MR) is 83.3 cm³/mol. The molecule has 1 unspecified atom stereocenters. The van der Waals surface area contributed by atoms with Crippen molar-refractivity contribution in [3.05, 3.63) is 18.0 Å². The first kappa shape index (κ1) is 14.8. The van der Waals surface area contributed by atoms with Crippen molar-refractivity contribution in [3.8, 4) is 0 Å². The molecule has 0 aromatic carbocycles. The van der Waals surface area contributed by atoms with Crippen LogP contribution in [0, 0.1) is 0 Å². The van der Waals surface area contributed by atoms with Gasteiger partial charge in [0.25, 0.3) is 0 Å². The molecule has 21 heavy (non-hydrogen) atoms. The van der Waals surface area contributed by atoms with Crippen LogP contribution in [0.15, 0.2) is 12.3 Å². The lowest BCUT2D eigenvalue weighted by atomic mass is 9.85. The minimum atomic E-state index is -0.272. The Balaban J connectivity index is 1.66. The SMILES string of the molecule is CCCC1(C(=O)Cc2ccn(C3CCCC3)n2)CCCN1. The van der Waals surface area contributed by atoms with Gasteiger partial charge in [0.2, 0.25) is 0 Å². The first-order valence-electron chi connectivity index (χ1n) is 8.56. The van der Waals surface area contributed by atoms with Crippen LogP contribution < -0.4 is 5.32 Å². The van der Waals surface area contributed by atoms with E-state index >= 15 is 0 Å². The van der Waals surface area contributed by atoms with Crippen LogP contribution in [0.25, 0.3) is 0 Å². The van der Waals surface area contributed by atoms with Gasteiger partial charge in [0.1, 0.15) is 0 Å². The van der Waals surface area contributed by atoms with Crippen LogP contribution in [-0.4, -0.2) is 27.6 Å². The summed E-state index contributed by atoms with van der Waals surface area (Å²) in [5.74, 6) is 0.332. The van der Waals surface area contributed by atoms with Crippen LogP contribution in [0.1, 0.15) is 70.0 Å². The van der Waals surface area contributed by atoms with E-state index in [0.29, 0.717) is 18.2 Å². The average molecular weight is 289 g/mol. The van der Waals surface area contributed by atoms with Crippen molar-refractivity contribution in [2.24, 2.45) is 0 Å². The maximum Gasteiger partial charge on any atom is 0.158 e. The number of ketones is 1. The summed E-state index contributed by atoms with van der Waals surface area (Å²) in [7, 11) is 0. The Labute approximate surface area is 127 Å². The van der Waals surface area contributed by atoms with Crippen molar-refractivity contribution in [1.29, 1.82) is 0 Å². The highest BCUT2D eigenvalue weighted by molar-refractivity contribution is 5.90. The largest absolute Gasteiger partial charge is 0.305 e. The van der Waals surface area contributed by atoms with Gasteiger partial charge in [-0.15, -0.1) is 0 Å². The molecule has 0 radical (unpaired) electrons. The summed E-state index contributed by atoms with van der Waals surface area (Å²) in [6, 6.07) is 2.59. The van der Waals surface area contributed by atoms with Gasteiger partial charge in [-0.1, -0.05) is 26.2 Å². The lowest BCUT2D eigenvalue weighted by Crippen LogP contribution is -2.48. The normalized spacial score (nSPS) is 26.5. The zero-order valence-electron chi connectivity index (χ0n) is 13.1. The Bertz CT molecular complexity index is 482. The van der Waals surface area contributed by atoms with Crippen molar-refractivity contribution in [3.63, 3.8) is 0 Å². The number of nitrogens with one attached hydrogen (secondary N) is 1. The van der Waals surface area contributed by atoms with Gasteiger partial charge in [-0.2, -0.15) is 5.10 Å². The smallest absolute Gasteiger partial charge is 0.158 e. The summed E-state index contributed by atoms with van der Waals surface area (Å²) >= 11 is 0. The van der Waals surface area contributed by atoms with E-state index in [2.05, 4.69) is 28.2 Å². The number of hydrogen-bond acceptors (Lipinski definition) is 3. The van der Waals surface area contributed by atoms with E-state index in [0.717, 1.165) is 37.9 Å². The summed E-state index contributed by atoms with van der Waals surface area (Å²) in [6.45, 7) is 3.13. The molecule has 4 nitrogen and oxygen atoms in total. The summed E-state index contributed by atoms with van der Waals surface area (Å²) in [5, 5.41) is 8.13. The van der Waals surface area contributed by atoms with Crippen molar-refractivity contribution in [2.75, 3.05) is 6.54 Å². The highest BCUT2D eigenvalue weighted by Gasteiger charge is 2.39. The third kappa shape index (κ3) is 3.05. The quantitative estimate of drug-likeness (QED) is 0.875. The summed E-state index contributed by atoms with van der Waals surface area (Å²) < 4.78 is 2.09. The van der Waals surface area contributed by atoms with Gasteiger partial charge in [-0.25, -0.2) is 0 Å². The van der Waals surface area contributed by atoms with Crippen LogP contribution in [0.5, 0.6) is 0 Å². The Morgan fingerprint density at radius 2 is 2.24 bits per heavy atom. The lowest BCUT2D eigenvalue weighted by molar-refractivity contribution is -0.124. The molecule has 2 heterocycles. The molecule has 2 aliphatic rings. The summed E-state index contributed by atoms with van der Waals surface area (Å²) in [4.78, 5) is 12.7. The average Bonchev–Trinajstić information content (AvgIpc) is 3.20. The molecule has 1 aliphatic carbocycles. The van der Waals surface area contributed by atoms with Crippen LogP contribution >= 0.6 is 0 Å². The van der Waals surface area contributed by atoms with Crippen LogP contribution in [0.2, 0.25) is 0 Å². The molecule has 1 aliphatic heterocycles. The highest BCUT2D eigenvalue weighted by Crippen LogP contribution is 2.30. The standard InChI is InChI=1S/C17H27N3O/c1-2-9-17(10-5-11-18-17)16(21)13-14-8-12-20(19-14)15-6-3-4-7-15/h8,12,15,18H,2-7,9-11,13H2,1H3. The number of nitrogens with zero attached hydrogens (tertiary/aromatic N) is 2. The van der Waals surface area contributed by atoms with Crippen LogP contribution in [0.4, 0.5) is 0 Å². The van der Waals surface area contributed by atoms with Gasteiger partial charge in [-0.3, -0.25) is 9.48 Å². The van der Waals surface area contributed by atoms with E-state index in [1.807, 2.05) is 6.07 Å². The first-order chi connectivity index (χ1) is 10.2. The fourth-order valence-electron chi connectivity index (χ4n) is 4.00. The molecule has 116 valence electrons. The van der Waals surface area contributed by atoms with Crippen molar-refractivity contribution in [1.82, 2.24) is 15.1 Å². The molecule has 1 saturated heterocycles.